The lowest BCUT2D eigenvalue weighted by atomic mass is 9.97. The van der Waals surface area contributed by atoms with Crippen LogP contribution in [0.3, 0.4) is 0 Å². The van der Waals surface area contributed by atoms with Crippen molar-refractivity contribution in [2.75, 3.05) is 21.3 Å². The van der Waals surface area contributed by atoms with E-state index >= 15 is 0 Å². The molecule has 8 heteroatoms. The molecule has 2 aromatic carbocycles. The summed E-state index contributed by atoms with van der Waals surface area (Å²) in [5, 5.41) is 0. The molecule has 0 saturated carbocycles. The van der Waals surface area contributed by atoms with Crippen LogP contribution in [0.25, 0.3) is 6.08 Å². The van der Waals surface area contributed by atoms with E-state index in [0.717, 1.165) is 5.56 Å². The van der Waals surface area contributed by atoms with Crippen molar-refractivity contribution in [3.05, 3.63) is 59.2 Å². The molecule has 2 aliphatic rings. The van der Waals surface area contributed by atoms with Crippen molar-refractivity contribution < 1.29 is 38.0 Å². The molecule has 1 saturated heterocycles. The highest BCUT2D eigenvalue weighted by Gasteiger charge is 2.38. The second-order valence-corrected chi connectivity index (χ2v) is 8.78. The van der Waals surface area contributed by atoms with Crippen molar-refractivity contribution in [1.82, 2.24) is 0 Å². The first-order valence-corrected chi connectivity index (χ1v) is 12.1. The Balaban J connectivity index is 1.75. The number of fused-ring (bicyclic) bond motifs is 3. The molecule has 192 valence electrons. The smallest absolute Gasteiger partial charge is 0.342 e. The van der Waals surface area contributed by atoms with E-state index in [-0.39, 0.29) is 23.9 Å². The van der Waals surface area contributed by atoms with Gasteiger partial charge in [-0.2, -0.15) is 0 Å². The topological polar surface area (TPSA) is 89.5 Å². The Morgan fingerprint density at radius 3 is 2.31 bits per heavy atom. The van der Waals surface area contributed by atoms with Crippen LogP contribution < -0.4 is 14.2 Å². The van der Waals surface area contributed by atoms with E-state index in [1.165, 1.54) is 21.3 Å². The molecule has 1 fully saturated rings. The summed E-state index contributed by atoms with van der Waals surface area (Å²) in [6.45, 7) is 1.83. The van der Waals surface area contributed by atoms with Gasteiger partial charge in [-0.05, 0) is 32.6 Å². The second-order valence-electron chi connectivity index (χ2n) is 8.78. The van der Waals surface area contributed by atoms with Crippen LogP contribution in [0.15, 0.2) is 42.5 Å². The number of cyclic esters (lactones) is 1. The summed E-state index contributed by atoms with van der Waals surface area (Å²) >= 11 is 0. The molecular formula is C28H32O8. The van der Waals surface area contributed by atoms with Gasteiger partial charge >= 0.3 is 5.97 Å². The van der Waals surface area contributed by atoms with Crippen molar-refractivity contribution in [1.29, 1.82) is 0 Å². The Labute approximate surface area is 211 Å². The largest absolute Gasteiger partial charge is 0.496 e. The average Bonchev–Trinajstić information content (AvgIpc) is 2.89. The molecule has 4 rings (SSSR count). The first kappa shape index (κ1) is 25.7. The zero-order valence-electron chi connectivity index (χ0n) is 21.0. The number of carbonyl (C=O) groups is 2. The Hall–Kier alpha value is -3.36. The van der Waals surface area contributed by atoms with Crippen LogP contribution in [0.4, 0.5) is 0 Å². The van der Waals surface area contributed by atoms with Crippen LogP contribution in [-0.4, -0.2) is 51.4 Å². The Bertz CT molecular complexity index is 1110. The molecule has 2 bridgehead atoms. The molecule has 0 aromatic heterocycles. The third-order valence-electron chi connectivity index (χ3n) is 6.40. The minimum Gasteiger partial charge on any atom is -0.496 e. The summed E-state index contributed by atoms with van der Waals surface area (Å²) in [6.07, 6.45) is 3.20. The van der Waals surface area contributed by atoms with E-state index in [0.29, 0.717) is 42.1 Å². The minimum absolute atomic E-state index is 0.0936. The average molecular weight is 497 g/mol. The lowest BCUT2D eigenvalue weighted by Crippen LogP contribution is -2.43. The molecule has 0 N–H and O–H groups in total. The standard InChI is InChI=1S/C28H32O8/c1-17-10-8-14-20-25(29)21(36-28(35-20)18-11-6-5-7-12-18)15-9-13-19-24(27(30)34-17)22(31-2)16-23(32-3)26(19)33-4/h5-7,9,11-13,16-17,20-21,28H,8,10,14-15H2,1-4H3/b13-9+/t17-,20-,21+,28-/m0/s1. The number of ether oxygens (including phenoxy) is 6. The van der Waals surface area contributed by atoms with Gasteiger partial charge in [0, 0.05) is 17.2 Å². The molecule has 0 unspecified atom stereocenters. The summed E-state index contributed by atoms with van der Waals surface area (Å²) in [4.78, 5) is 26.5. The molecule has 0 aliphatic carbocycles. The number of rotatable bonds is 4. The third-order valence-corrected chi connectivity index (χ3v) is 6.40. The molecule has 0 spiro atoms. The number of carbonyl (C=O) groups excluding carboxylic acids is 2. The van der Waals surface area contributed by atoms with Crippen LogP contribution in [0.2, 0.25) is 0 Å². The van der Waals surface area contributed by atoms with Gasteiger partial charge in [-0.25, -0.2) is 4.79 Å². The predicted octanol–water partition coefficient (Wildman–Crippen LogP) is 4.90. The summed E-state index contributed by atoms with van der Waals surface area (Å²) in [5.74, 6) is 0.455. The maximum absolute atomic E-state index is 13.2. The molecule has 2 aliphatic heterocycles. The maximum atomic E-state index is 13.2. The predicted molar refractivity (Wildman–Crippen MR) is 132 cm³/mol. The van der Waals surface area contributed by atoms with Gasteiger partial charge in [-0.3, -0.25) is 4.79 Å². The van der Waals surface area contributed by atoms with Crippen molar-refractivity contribution in [2.45, 2.75) is 57.2 Å². The van der Waals surface area contributed by atoms with Crippen molar-refractivity contribution in [3.63, 3.8) is 0 Å². The van der Waals surface area contributed by atoms with Crippen LogP contribution in [0.5, 0.6) is 17.2 Å². The SMILES string of the molecule is COc1cc(OC)c2c(c1OC)/C=C/C[C@H]1O[C@@H](c3ccccc3)O[C@@H](CCC[C@H](C)OC2=O)C1=O. The van der Waals surface area contributed by atoms with Gasteiger partial charge in [0.05, 0.1) is 27.4 Å². The van der Waals surface area contributed by atoms with Crippen LogP contribution in [0, 0.1) is 0 Å². The molecule has 4 atom stereocenters. The Kier molecular flexibility index (Phi) is 8.28. The molecule has 0 radical (unpaired) electrons. The van der Waals surface area contributed by atoms with Crippen molar-refractivity contribution in [2.24, 2.45) is 0 Å². The van der Waals surface area contributed by atoms with E-state index in [1.54, 1.807) is 18.2 Å². The van der Waals surface area contributed by atoms with E-state index in [2.05, 4.69) is 0 Å². The fourth-order valence-electron chi connectivity index (χ4n) is 4.55. The quantitative estimate of drug-likeness (QED) is 0.553. The molecule has 2 heterocycles. The number of ketones is 1. The Morgan fingerprint density at radius 2 is 1.61 bits per heavy atom. The van der Waals surface area contributed by atoms with Gasteiger partial charge in [0.1, 0.15) is 23.5 Å². The highest BCUT2D eigenvalue weighted by atomic mass is 16.7. The van der Waals surface area contributed by atoms with Crippen molar-refractivity contribution >= 4 is 17.8 Å². The summed E-state index contributed by atoms with van der Waals surface area (Å²) in [7, 11) is 4.48. The van der Waals surface area contributed by atoms with Crippen LogP contribution in [-0.2, 0) is 19.0 Å². The van der Waals surface area contributed by atoms with Crippen LogP contribution in [0.1, 0.15) is 60.4 Å². The molecule has 0 amide bonds. The maximum Gasteiger partial charge on any atom is 0.342 e. The lowest BCUT2D eigenvalue weighted by Gasteiger charge is -2.34. The summed E-state index contributed by atoms with van der Waals surface area (Å²) in [6, 6.07) is 11.2. The van der Waals surface area contributed by atoms with E-state index < -0.39 is 24.5 Å². The van der Waals surface area contributed by atoms with E-state index in [4.69, 9.17) is 28.4 Å². The Morgan fingerprint density at radius 1 is 0.889 bits per heavy atom. The zero-order chi connectivity index (χ0) is 25.7. The van der Waals surface area contributed by atoms with Gasteiger partial charge < -0.3 is 28.4 Å². The van der Waals surface area contributed by atoms with Gasteiger partial charge in [0.2, 0.25) is 0 Å². The first-order valence-electron chi connectivity index (χ1n) is 12.1. The number of methoxy groups -OCH3 is 3. The molecule has 2 aromatic rings. The summed E-state index contributed by atoms with van der Waals surface area (Å²) in [5.41, 5.74) is 1.53. The number of benzene rings is 2. The van der Waals surface area contributed by atoms with Gasteiger partial charge in [0.25, 0.3) is 0 Å². The second kappa shape index (κ2) is 11.6. The van der Waals surface area contributed by atoms with Crippen molar-refractivity contribution in [3.8, 4) is 17.2 Å². The van der Waals surface area contributed by atoms with E-state index in [1.807, 2.05) is 37.3 Å². The minimum atomic E-state index is -0.695. The number of Topliss-reactive ketones (excluding diaryl/α,β-unsaturated/α-hetero) is 1. The van der Waals surface area contributed by atoms with Crippen LogP contribution >= 0.6 is 0 Å². The first-order chi connectivity index (χ1) is 17.5. The third kappa shape index (κ3) is 5.39. The zero-order valence-corrected chi connectivity index (χ0v) is 21.0. The molecule has 8 nitrogen and oxygen atoms in total. The normalized spacial score (nSPS) is 25.7. The van der Waals surface area contributed by atoms with Gasteiger partial charge in [-0.15, -0.1) is 0 Å². The highest BCUT2D eigenvalue weighted by molar-refractivity contribution is 5.99. The number of hydrogen-bond acceptors (Lipinski definition) is 8. The van der Waals surface area contributed by atoms with E-state index in [9.17, 15) is 9.59 Å². The van der Waals surface area contributed by atoms with Gasteiger partial charge in [0.15, 0.2) is 23.6 Å². The lowest BCUT2D eigenvalue weighted by molar-refractivity contribution is -0.234. The fourth-order valence-corrected chi connectivity index (χ4v) is 4.55. The number of esters is 1. The molecular weight excluding hydrogens is 464 g/mol. The van der Waals surface area contributed by atoms with Gasteiger partial charge in [-0.1, -0.05) is 42.5 Å². The fraction of sp³-hybridized carbons (Fsp3) is 0.429. The molecule has 36 heavy (non-hydrogen) atoms. The monoisotopic (exact) mass is 496 g/mol. The number of hydrogen-bond donors (Lipinski definition) is 0. The summed E-state index contributed by atoms with van der Waals surface area (Å²) < 4.78 is 34.5. The highest BCUT2D eigenvalue weighted by Crippen LogP contribution is 2.41.